The highest BCUT2D eigenvalue weighted by molar-refractivity contribution is 6.12. The molecule has 0 amide bonds. The van der Waals surface area contributed by atoms with E-state index >= 15 is 0 Å². The molecule has 10 aromatic carbocycles. The van der Waals surface area contributed by atoms with Crippen molar-refractivity contribution in [1.29, 1.82) is 5.26 Å². The lowest BCUT2D eigenvalue weighted by molar-refractivity contribution is 0.660. The number of hydrogen-bond donors (Lipinski definition) is 0. The molecule has 0 saturated heterocycles. The number of anilines is 6. The van der Waals surface area contributed by atoms with Gasteiger partial charge in [0.05, 0.1) is 29.2 Å². The number of hydrogen-bond acceptors (Lipinski definition) is 3. The first-order valence-corrected chi connectivity index (χ1v) is 24.9. The van der Waals surface area contributed by atoms with E-state index in [0.29, 0.717) is 11.3 Å². The Morgan fingerprint density at radius 1 is 0.411 bits per heavy atom. The number of benzene rings is 10. The molecule has 1 heterocycles. The topological polar surface area (TPSA) is 39.6 Å². The van der Waals surface area contributed by atoms with Gasteiger partial charge in [-0.25, -0.2) is 4.85 Å². The fourth-order valence-electron chi connectivity index (χ4n) is 11.9. The monoisotopic (exact) mass is 935 g/mol. The third-order valence-corrected chi connectivity index (χ3v) is 15.6. The maximum absolute atomic E-state index is 9.84. The summed E-state index contributed by atoms with van der Waals surface area (Å²) in [5, 5.41) is 12.0. The van der Waals surface area contributed by atoms with Gasteiger partial charge in [0.1, 0.15) is 0 Å². The highest BCUT2D eigenvalue weighted by atomic mass is 15.2. The number of nitrogens with zero attached hydrogens (tertiary/aromatic N) is 5. The first-order valence-electron chi connectivity index (χ1n) is 24.9. The summed E-state index contributed by atoms with van der Waals surface area (Å²) in [6.07, 6.45) is 0. The Hall–Kier alpha value is -9.42. The number of aromatic nitrogens is 1. The van der Waals surface area contributed by atoms with Crippen molar-refractivity contribution in [2.75, 3.05) is 9.80 Å². The highest BCUT2D eigenvalue weighted by Crippen LogP contribution is 2.52. The summed E-state index contributed by atoms with van der Waals surface area (Å²) < 4.78 is 2.36. The Bertz CT molecular complexity index is 4090. The Morgan fingerprint density at radius 3 is 1.40 bits per heavy atom. The van der Waals surface area contributed by atoms with Gasteiger partial charge in [-0.3, -0.25) is 0 Å². The van der Waals surface area contributed by atoms with Crippen LogP contribution in [0.5, 0.6) is 0 Å². The van der Waals surface area contributed by atoms with Crippen LogP contribution in [0.3, 0.4) is 0 Å². The third-order valence-electron chi connectivity index (χ3n) is 15.6. The van der Waals surface area contributed by atoms with Crippen LogP contribution in [0.15, 0.2) is 224 Å². The summed E-state index contributed by atoms with van der Waals surface area (Å²) in [6.45, 7) is 17.0. The third kappa shape index (κ3) is 6.89. The van der Waals surface area contributed by atoms with Crippen LogP contribution in [0, 0.1) is 17.9 Å². The van der Waals surface area contributed by atoms with E-state index in [1.54, 1.807) is 0 Å². The zero-order valence-corrected chi connectivity index (χ0v) is 41.1. The Balaban J connectivity index is 0.968. The maximum Gasteiger partial charge on any atom is 0.187 e. The predicted molar refractivity (Wildman–Crippen MR) is 302 cm³/mol. The van der Waals surface area contributed by atoms with E-state index in [1.807, 2.05) is 48.5 Å². The predicted octanol–water partition coefficient (Wildman–Crippen LogP) is 18.4. The van der Waals surface area contributed by atoms with E-state index < -0.39 is 0 Å². The minimum Gasteiger partial charge on any atom is -0.311 e. The Labute approximate surface area is 426 Å². The fraction of sp³-hybridized carbons (Fsp3) is 0.0882. The van der Waals surface area contributed by atoms with Gasteiger partial charge in [-0.05, 0) is 171 Å². The molecule has 346 valence electrons. The van der Waals surface area contributed by atoms with Crippen molar-refractivity contribution in [2.24, 2.45) is 0 Å². The normalized spacial score (nSPS) is 13.4. The number of rotatable bonds is 8. The Morgan fingerprint density at radius 2 is 0.836 bits per heavy atom. The number of nitriles is 1. The molecule has 0 saturated carbocycles. The van der Waals surface area contributed by atoms with Crippen molar-refractivity contribution < 1.29 is 0 Å². The van der Waals surface area contributed by atoms with Gasteiger partial charge in [-0.1, -0.05) is 137 Å². The molecule has 1 aromatic heterocycles. The second kappa shape index (κ2) is 16.6. The van der Waals surface area contributed by atoms with E-state index in [0.717, 1.165) is 67.2 Å². The summed E-state index contributed by atoms with van der Waals surface area (Å²) in [7, 11) is 0. The molecule has 0 aliphatic heterocycles. The average molecular weight is 936 g/mol. The standard InChI is InChI=1S/C68H49N5/c1-67(2)61-17-11-9-15-55(61)57-35-23-46(39-63(57)67)45-21-28-50(29-22-45)71(51-30-24-47(70-5)25-31-51)52-33-37-65-59(40-52)60-41-53(34-38-66(60)73(65)48-13-7-6-8-14-48)72(49-26-19-44(43-69)20-27-49)54-32-36-58-56-16-10-12-18-62(56)68(3,4)64(58)42-54/h6-42H,1-4H3. The van der Waals surface area contributed by atoms with Crippen LogP contribution in [0.4, 0.5) is 39.8 Å². The summed E-state index contributed by atoms with van der Waals surface area (Å²) in [5.41, 5.74) is 23.0. The van der Waals surface area contributed by atoms with Crippen LogP contribution in [-0.4, -0.2) is 4.57 Å². The van der Waals surface area contributed by atoms with Gasteiger partial charge >= 0.3 is 0 Å². The van der Waals surface area contributed by atoms with Gasteiger partial charge in [0, 0.05) is 61.4 Å². The van der Waals surface area contributed by atoms with Gasteiger partial charge in [-0.2, -0.15) is 5.26 Å². The van der Waals surface area contributed by atoms with Crippen LogP contribution in [0.1, 0.15) is 55.5 Å². The van der Waals surface area contributed by atoms with Crippen LogP contribution >= 0.6 is 0 Å². The van der Waals surface area contributed by atoms with Crippen molar-refractivity contribution in [1.82, 2.24) is 4.57 Å². The summed E-state index contributed by atoms with van der Waals surface area (Å²) in [6, 6.07) is 82.5. The molecule has 73 heavy (non-hydrogen) atoms. The molecule has 0 atom stereocenters. The zero-order valence-electron chi connectivity index (χ0n) is 41.1. The average Bonchev–Trinajstić information content (AvgIpc) is 3.97. The smallest absolute Gasteiger partial charge is 0.187 e. The molecular formula is C68H49N5. The van der Waals surface area contributed by atoms with E-state index in [4.69, 9.17) is 6.57 Å². The zero-order chi connectivity index (χ0) is 49.6. The highest BCUT2D eigenvalue weighted by Gasteiger charge is 2.37. The molecule has 0 bridgehead atoms. The first-order chi connectivity index (χ1) is 35.6. The van der Waals surface area contributed by atoms with Gasteiger partial charge < -0.3 is 14.4 Å². The van der Waals surface area contributed by atoms with Gasteiger partial charge in [0.2, 0.25) is 0 Å². The fourth-order valence-corrected chi connectivity index (χ4v) is 11.9. The molecule has 5 heteroatoms. The lowest BCUT2D eigenvalue weighted by Crippen LogP contribution is -2.16. The van der Waals surface area contributed by atoms with Gasteiger partial charge in [0.15, 0.2) is 5.69 Å². The molecular weight excluding hydrogens is 887 g/mol. The van der Waals surface area contributed by atoms with Crippen LogP contribution in [0.25, 0.3) is 65.7 Å². The van der Waals surface area contributed by atoms with Gasteiger partial charge in [-0.15, -0.1) is 0 Å². The molecule has 0 spiro atoms. The van der Waals surface area contributed by atoms with Crippen LogP contribution in [-0.2, 0) is 10.8 Å². The lowest BCUT2D eigenvalue weighted by Gasteiger charge is -2.28. The molecule has 5 nitrogen and oxygen atoms in total. The van der Waals surface area contributed by atoms with E-state index in [-0.39, 0.29) is 10.8 Å². The minimum atomic E-state index is -0.184. The van der Waals surface area contributed by atoms with Crippen molar-refractivity contribution in [2.45, 2.75) is 38.5 Å². The van der Waals surface area contributed by atoms with E-state index in [9.17, 15) is 5.26 Å². The quantitative estimate of drug-likeness (QED) is 0.143. The first kappa shape index (κ1) is 43.6. The SMILES string of the molecule is [C-]#[N+]c1ccc(N(c2ccc(-c3ccc4c(c3)C(C)(C)c3ccccc3-4)cc2)c2ccc3c(c2)c2cc(N(c4ccc(C#N)cc4)c4ccc5c(c4)C(C)(C)c4ccccc4-5)ccc2n3-c2ccccc2)cc1. The number of fused-ring (bicyclic) bond motifs is 9. The van der Waals surface area contributed by atoms with Crippen molar-refractivity contribution >= 4 is 61.6 Å². The molecule has 0 N–H and O–H groups in total. The van der Waals surface area contributed by atoms with Gasteiger partial charge in [0.25, 0.3) is 0 Å². The van der Waals surface area contributed by atoms with Crippen LogP contribution in [0.2, 0.25) is 0 Å². The Kier molecular flexibility index (Phi) is 9.91. The largest absolute Gasteiger partial charge is 0.311 e. The molecule has 13 rings (SSSR count). The lowest BCUT2D eigenvalue weighted by atomic mass is 9.81. The number of para-hydroxylation sites is 1. The molecule has 0 unspecified atom stereocenters. The van der Waals surface area contributed by atoms with Crippen molar-refractivity contribution in [3.8, 4) is 45.1 Å². The second-order valence-corrected chi connectivity index (χ2v) is 20.4. The van der Waals surface area contributed by atoms with Crippen LogP contribution < -0.4 is 9.80 Å². The van der Waals surface area contributed by atoms with Crippen molar-refractivity contribution in [3.05, 3.63) is 264 Å². The van der Waals surface area contributed by atoms with Crippen molar-refractivity contribution in [3.63, 3.8) is 0 Å². The second-order valence-electron chi connectivity index (χ2n) is 20.4. The summed E-state index contributed by atoms with van der Waals surface area (Å²) >= 11 is 0. The molecule has 2 aliphatic carbocycles. The molecule has 0 radical (unpaired) electrons. The molecule has 0 fully saturated rings. The van der Waals surface area contributed by atoms with E-state index in [2.05, 4.69) is 229 Å². The molecule has 11 aromatic rings. The maximum atomic E-state index is 9.84. The minimum absolute atomic E-state index is 0.0901. The molecule has 2 aliphatic rings. The summed E-state index contributed by atoms with van der Waals surface area (Å²) in [5.74, 6) is 0. The summed E-state index contributed by atoms with van der Waals surface area (Å²) in [4.78, 5) is 8.35. The van der Waals surface area contributed by atoms with E-state index in [1.165, 1.54) is 50.1 Å².